The molecule has 2 heterocycles. The summed E-state index contributed by atoms with van der Waals surface area (Å²) in [5.41, 5.74) is 0.696. The van der Waals surface area contributed by atoms with Gasteiger partial charge in [-0.25, -0.2) is 9.78 Å². The molecule has 2 aromatic rings. The molecule has 2 N–H and O–H groups in total. The van der Waals surface area contributed by atoms with Gasteiger partial charge < -0.3 is 15.5 Å². The van der Waals surface area contributed by atoms with Gasteiger partial charge in [0.25, 0.3) is 0 Å². The van der Waals surface area contributed by atoms with E-state index in [0.717, 1.165) is 36.0 Å². The molecular formula is C16H20N4O2S2. The number of nitrogens with zero attached hydrogens (tertiary/aromatic N) is 2. The topological polar surface area (TPSA) is 74.3 Å². The van der Waals surface area contributed by atoms with Crippen molar-refractivity contribution >= 4 is 39.0 Å². The van der Waals surface area contributed by atoms with E-state index >= 15 is 0 Å². The molecule has 0 spiro atoms. The van der Waals surface area contributed by atoms with Gasteiger partial charge >= 0.3 is 6.03 Å². The van der Waals surface area contributed by atoms with Crippen molar-refractivity contribution in [3.8, 4) is 0 Å². The number of hydrogen-bond donors (Lipinski definition) is 2. The summed E-state index contributed by atoms with van der Waals surface area (Å²) >= 11 is 1.64. The Hall–Kier alpha value is -1.93. The Morgan fingerprint density at radius 1 is 1.29 bits per heavy atom. The van der Waals surface area contributed by atoms with Crippen molar-refractivity contribution in [3.05, 3.63) is 35.8 Å². The summed E-state index contributed by atoms with van der Waals surface area (Å²) in [4.78, 5) is 19.4. The average Bonchev–Trinajstić information content (AvgIpc) is 3.10. The summed E-state index contributed by atoms with van der Waals surface area (Å²) in [6, 6.07) is 7.02. The molecule has 3 rings (SSSR count). The highest BCUT2D eigenvalue weighted by Crippen LogP contribution is 2.22. The van der Waals surface area contributed by atoms with Gasteiger partial charge in [0.1, 0.15) is 0 Å². The first kappa shape index (κ1) is 16.9. The molecule has 1 aromatic heterocycles. The predicted molar refractivity (Wildman–Crippen MR) is 98.3 cm³/mol. The van der Waals surface area contributed by atoms with Crippen LogP contribution in [0.3, 0.4) is 0 Å². The largest absolute Gasteiger partial charge is 0.348 e. The second-order valence-corrected chi connectivity index (χ2v) is 7.91. The number of urea groups is 1. The molecule has 1 saturated heterocycles. The minimum atomic E-state index is -1.01. The quantitative estimate of drug-likeness (QED) is 0.875. The summed E-state index contributed by atoms with van der Waals surface area (Å²) in [7, 11) is -1.01. The molecule has 1 aromatic carbocycles. The van der Waals surface area contributed by atoms with Crippen LogP contribution in [0.1, 0.15) is 12.8 Å². The van der Waals surface area contributed by atoms with Crippen molar-refractivity contribution in [2.45, 2.75) is 23.8 Å². The van der Waals surface area contributed by atoms with E-state index in [2.05, 4.69) is 20.5 Å². The fourth-order valence-electron chi connectivity index (χ4n) is 2.67. The Labute approximate surface area is 147 Å². The van der Waals surface area contributed by atoms with Crippen LogP contribution in [-0.2, 0) is 10.8 Å². The summed E-state index contributed by atoms with van der Waals surface area (Å²) in [6.45, 7) is 1.80. The Morgan fingerprint density at radius 3 is 2.58 bits per heavy atom. The van der Waals surface area contributed by atoms with Crippen molar-refractivity contribution in [2.75, 3.05) is 29.6 Å². The van der Waals surface area contributed by atoms with E-state index in [0.29, 0.717) is 5.69 Å². The molecule has 0 aliphatic carbocycles. The van der Waals surface area contributed by atoms with Gasteiger partial charge in [0.05, 0.1) is 0 Å². The zero-order valence-electron chi connectivity index (χ0n) is 13.4. The molecule has 8 heteroatoms. The standard InChI is InChI=1S/C16H20N4O2S2/c1-24(22)14-4-2-12(3-5-14)18-15(21)19-13-6-9-20(10-7-13)16-17-8-11-23-16/h2-5,8,11,13H,6-7,9-10H2,1H3,(H2,18,19,21). The van der Waals surface area contributed by atoms with E-state index < -0.39 is 10.8 Å². The molecular weight excluding hydrogens is 344 g/mol. The first-order valence-corrected chi connectivity index (χ1v) is 10.2. The Morgan fingerprint density at radius 2 is 2.00 bits per heavy atom. The maximum Gasteiger partial charge on any atom is 0.319 e. The normalized spacial score (nSPS) is 16.6. The summed E-state index contributed by atoms with van der Waals surface area (Å²) in [5.74, 6) is 0. The lowest BCUT2D eigenvalue weighted by atomic mass is 10.1. The molecule has 128 valence electrons. The van der Waals surface area contributed by atoms with Crippen molar-refractivity contribution in [1.82, 2.24) is 10.3 Å². The second-order valence-electron chi connectivity index (χ2n) is 5.65. The average molecular weight is 364 g/mol. The van der Waals surface area contributed by atoms with Crippen LogP contribution in [0.4, 0.5) is 15.6 Å². The lowest BCUT2D eigenvalue weighted by Gasteiger charge is -2.32. The van der Waals surface area contributed by atoms with Crippen LogP contribution < -0.4 is 15.5 Å². The van der Waals surface area contributed by atoms with Gasteiger partial charge in [-0.2, -0.15) is 0 Å². The third-order valence-electron chi connectivity index (χ3n) is 3.96. The third-order valence-corrected chi connectivity index (χ3v) is 5.73. The minimum Gasteiger partial charge on any atom is -0.348 e. The zero-order valence-corrected chi connectivity index (χ0v) is 15.0. The predicted octanol–water partition coefficient (Wildman–Crippen LogP) is 2.67. The number of benzene rings is 1. The summed E-state index contributed by atoms with van der Waals surface area (Å²) in [6.07, 6.45) is 5.26. The SMILES string of the molecule is CS(=O)c1ccc(NC(=O)NC2CCN(c3nccs3)CC2)cc1. The number of rotatable bonds is 4. The van der Waals surface area contributed by atoms with Gasteiger partial charge in [0.2, 0.25) is 0 Å². The number of thiazole rings is 1. The highest BCUT2D eigenvalue weighted by molar-refractivity contribution is 7.84. The van der Waals surface area contributed by atoms with Crippen LogP contribution in [0.15, 0.2) is 40.7 Å². The lowest BCUT2D eigenvalue weighted by Crippen LogP contribution is -2.46. The third kappa shape index (κ3) is 4.33. The van der Waals surface area contributed by atoms with Gasteiger partial charge in [0.15, 0.2) is 5.13 Å². The maximum atomic E-state index is 12.1. The van der Waals surface area contributed by atoms with E-state index in [-0.39, 0.29) is 12.1 Å². The van der Waals surface area contributed by atoms with Crippen LogP contribution in [-0.4, -0.2) is 40.6 Å². The van der Waals surface area contributed by atoms with E-state index in [9.17, 15) is 9.00 Å². The van der Waals surface area contributed by atoms with E-state index in [1.807, 2.05) is 11.6 Å². The van der Waals surface area contributed by atoms with Crippen molar-refractivity contribution in [3.63, 3.8) is 0 Å². The van der Waals surface area contributed by atoms with E-state index in [1.54, 1.807) is 41.9 Å². The van der Waals surface area contributed by atoms with Crippen LogP contribution >= 0.6 is 11.3 Å². The van der Waals surface area contributed by atoms with Gasteiger partial charge in [-0.1, -0.05) is 0 Å². The van der Waals surface area contributed by atoms with Crippen molar-refractivity contribution in [1.29, 1.82) is 0 Å². The fourth-order valence-corrected chi connectivity index (χ4v) is 3.89. The number of nitrogens with one attached hydrogen (secondary N) is 2. The number of anilines is 2. The number of carbonyl (C=O) groups is 1. The molecule has 6 nitrogen and oxygen atoms in total. The van der Waals surface area contributed by atoms with Crippen molar-refractivity contribution < 1.29 is 9.00 Å². The van der Waals surface area contributed by atoms with Crippen LogP contribution in [0.5, 0.6) is 0 Å². The van der Waals surface area contributed by atoms with E-state index in [4.69, 9.17) is 0 Å². The zero-order chi connectivity index (χ0) is 16.9. The number of aromatic nitrogens is 1. The molecule has 1 unspecified atom stereocenters. The number of carbonyl (C=O) groups excluding carboxylic acids is 1. The van der Waals surface area contributed by atoms with Crippen LogP contribution in [0.2, 0.25) is 0 Å². The number of amides is 2. The first-order valence-electron chi connectivity index (χ1n) is 7.77. The molecule has 2 amide bonds. The summed E-state index contributed by atoms with van der Waals surface area (Å²) < 4.78 is 11.4. The van der Waals surface area contributed by atoms with Crippen LogP contribution in [0, 0.1) is 0 Å². The fraction of sp³-hybridized carbons (Fsp3) is 0.375. The Kier molecular flexibility index (Phi) is 5.47. The van der Waals surface area contributed by atoms with Gasteiger partial charge in [-0.05, 0) is 37.1 Å². The molecule has 0 bridgehead atoms. The smallest absolute Gasteiger partial charge is 0.319 e. The highest BCUT2D eigenvalue weighted by Gasteiger charge is 2.21. The summed E-state index contributed by atoms with van der Waals surface area (Å²) in [5, 5.41) is 8.86. The molecule has 1 aliphatic heterocycles. The van der Waals surface area contributed by atoms with E-state index in [1.165, 1.54) is 0 Å². The monoisotopic (exact) mass is 364 g/mol. The minimum absolute atomic E-state index is 0.170. The number of hydrogen-bond acceptors (Lipinski definition) is 5. The second kappa shape index (κ2) is 7.76. The maximum absolute atomic E-state index is 12.1. The highest BCUT2D eigenvalue weighted by atomic mass is 32.2. The number of piperidine rings is 1. The molecule has 1 atom stereocenters. The molecule has 24 heavy (non-hydrogen) atoms. The Balaban J connectivity index is 1.46. The van der Waals surface area contributed by atoms with Crippen LogP contribution in [0.25, 0.3) is 0 Å². The Bertz CT molecular complexity index is 695. The van der Waals surface area contributed by atoms with Gasteiger partial charge in [-0.15, -0.1) is 11.3 Å². The molecule has 0 saturated carbocycles. The first-order chi connectivity index (χ1) is 11.6. The van der Waals surface area contributed by atoms with Gasteiger partial charge in [-0.3, -0.25) is 4.21 Å². The van der Waals surface area contributed by atoms with Crippen molar-refractivity contribution in [2.24, 2.45) is 0 Å². The molecule has 0 radical (unpaired) electrons. The van der Waals surface area contributed by atoms with Gasteiger partial charge in [0, 0.05) is 58.3 Å². The lowest BCUT2D eigenvalue weighted by molar-refractivity contribution is 0.246. The molecule has 1 fully saturated rings. The molecule has 1 aliphatic rings.